The molecule has 650 valence electrons. The molecule has 0 unspecified atom stereocenters. The predicted octanol–water partition coefficient (Wildman–Crippen LogP) is 15.9. The first-order chi connectivity index (χ1) is 49.7. The van der Waals surface area contributed by atoms with Crippen LogP contribution in [0.5, 0.6) is 0 Å². The molecule has 0 heterocycles. The minimum atomic E-state index is -8.82. The van der Waals surface area contributed by atoms with Crippen LogP contribution in [0, 0.1) is 0 Å². The number of alkyl halides is 48. The first-order valence-electron chi connectivity index (χ1n) is 28.1. The van der Waals surface area contributed by atoms with E-state index in [2.05, 4.69) is 37.9 Å². The van der Waals surface area contributed by atoms with E-state index in [1.807, 2.05) is 0 Å². The summed E-state index contributed by atoms with van der Waals surface area (Å²) in [7, 11) is -9.70. The first-order valence-corrected chi connectivity index (χ1v) is 28.1. The summed E-state index contributed by atoms with van der Waals surface area (Å²) < 4.78 is 792. The summed E-state index contributed by atoms with van der Waals surface area (Å²) in [4.78, 5) is 0. The SMILES string of the molecule is COC(c1cc([B-](c2cc(C(OC)(C(F)(F)F)C(F)(F)F)cc(C(OC)(C(F)(F)F)C(F)(F)F)c2)(c2cc(C(OC)(C(F)(F)F)C(F)(F)F)cc(C(OC)(C(F)(F)F)C(F)(F)F)c2)c2cc(C(OC)(C(F)(F)F)C(F)(F)F)cc(C(OC)(C(F)(F)F)C(F)(F)F)c2)cc(C(OC)(C(F)(F)F)C(F)(F)F)c1)(C(F)(F)F)C(F)(F)F.[H-].[Na+]. The smallest absolute Gasteiger partial charge is 1.00 e. The molecule has 0 N–H and O–H groups in total. The summed E-state index contributed by atoms with van der Waals surface area (Å²) in [5.74, 6) is 0. The van der Waals surface area contributed by atoms with Gasteiger partial charge >= 0.3 is 128 Å². The van der Waals surface area contributed by atoms with E-state index >= 15 is 211 Å². The third kappa shape index (κ3) is 14.8. The molecule has 4 aromatic rings. The van der Waals surface area contributed by atoms with Gasteiger partial charge in [0.2, 0.25) is 0 Å². The zero-order valence-electron chi connectivity index (χ0n) is 56.9. The monoisotopic (exact) mass is 1780 g/mol. The Bertz CT molecular complexity index is 3180. The van der Waals surface area contributed by atoms with Gasteiger partial charge in [-0.2, -0.15) is 233 Å². The van der Waals surface area contributed by atoms with Crippen LogP contribution in [0.4, 0.5) is 211 Å². The maximum Gasteiger partial charge on any atom is 1.00 e. The summed E-state index contributed by atoms with van der Waals surface area (Å²) >= 11 is 0. The Kier molecular flexibility index (Phi) is 27.1. The summed E-state index contributed by atoms with van der Waals surface area (Å²) in [6.07, 6.45) is -141. The van der Waals surface area contributed by atoms with Crippen molar-refractivity contribution in [2.75, 3.05) is 56.9 Å². The van der Waals surface area contributed by atoms with Gasteiger partial charge in [0, 0.05) is 56.9 Å². The molecule has 4 aromatic carbocycles. The molecule has 0 fully saturated rings. The normalized spacial score (nSPS) is 15.6. The van der Waals surface area contributed by atoms with Gasteiger partial charge in [0.05, 0.1) is 0 Å². The first kappa shape index (κ1) is 102. The van der Waals surface area contributed by atoms with Crippen LogP contribution in [0.25, 0.3) is 0 Å². The second-order valence-corrected chi connectivity index (χ2v) is 23.3. The molecule has 0 aliphatic heterocycles. The van der Waals surface area contributed by atoms with Crippen LogP contribution in [-0.2, 0) is 82.7 Å². The fourth-order valence-corrected chi connectivity index (χ4v) is 13.1. The van der Waals surface area contributed by atoms with E-state index in [4.69, 9.17) is 0 Å². The van der Waals surface area contributed by atoms with E-state index < -0.39 is 346 Å². The van der Waals surface area contributed by atoms with Crippen LogP contribution in [0.3, 0.4) is 0 Å². The standard InChI is InChI=1S/C56H36BF48O8.Na.H/c1-106-33(41(58,59)60,42(61,62)63)21-9-22(34(107-2,43(64,65)66)44(67,68)69)14-29(13-21)57(30-15-23(35(108-3,45(70,71)72)46(73,74)75)10-24(16-30)36(109-4,47(76,77)78)48(79,80)81,31-17-25(37(110-5,49(82,83)84)50(85,86)87)11-26(18-31)38(111-6,51(88,89)90)52(91,92)93)32-19-27(39(112-7,53(94,95)96)54(97,98)99)12-28(20-32)40(113-8,55(100,101)102)56(103,104)105;;/h9-20H,1-8H3;;/q-1;+1;-1. The Balaban J connectivity index is 0.0000224. The molecule has 0 saturated carbocycles. The second kappa shape index (κ2) is 30.2. The topological polar surface area (TPSA) is 73.8 Å². The minimum absolute atomic E-state index is 0. The van der Waals surface area contributed by atoms with Crippen molar-refractivity contribution in [2.24, 2.45) is 0 Å². The van der Waals surface area contributed by atoms with Gasteiger partial charge in [0.25, 0.3) is 44.8 Å². The Labute approximate surface area is 624 Å². The van der Waals surface area contributed by atoms with Gasteiger partial charge in [-0.3, -0.25) is 0 Å². The van der Waals surface area contributed by atoms with Gasteiger partial charge in [-0.15, -0.1) is 0 Å². The number of hydrogen-bond acceptors (Lipinski definition) is 8. The molecule has 4 rings (SSSR count). The molecule has 114 heavy (non-hydrogen) atoms. The molecule has 0 aliphatic carbocycles. The molecule has 0 saturated heterocycles. The number of ether oxygens (including phenoxy) is 8. The van der Waals surface area contributed by atoms with Crippen molar-refractivity contribution in [1.29, 1.82) is 0 Å². The summed E-state index contributed by atoms with van der Waals surface area (Å²) in [5, 5.41) is 0. The van der Waals surface area contributed by atoms with Crippen molar-refractivity contribution in [1.82, 2.24) is 0 Å². The van der Waals surface area contributed by atoms with E-state index in [-0.39, 0.29) is 31.0 Å². The fourth-order valence-electron chi connectivity index (χ4n) is 13.1. The van der Waals surface area contributed by atoms with Gasteiger partial charge in [-0.25, -0.2) is 0 Å². The molecular formula is C56H37BF48NaO8-. The largest absolute Gasteiger partial charge is 1.00 e. The summed E-state index contributed by atoms with van der Waals surface area (Å²) in [5.41, 5.74) is -112. The Morgan fingerprint density at radius 1 is 0.158 bits per heavy atom. The van der Waals surface area contributed by atoms with Crippen molar-refractivity contribution >= 4 is 28.0 Å². The van der Waals surface area contributed by atoms with Crippen LogP contribution >= 0.6 is 0 Å². The van der Waals surface area contributed by atoms with Crippen molar-refractivity contribution in [2.45, 2.75) is 144 Å². The molecule has 0 amide bonds. The van der Waals surface area contributed by atoms with Crippen LogP contribution < -0.4 is 51.4 Å². The molecule has 8 nitrogen and oxygen atoms in total. The zero-order valence-corrected chi connectivity index (χ0v) is 57.9. The number of methoxy groups -OCH3 is 8. The number of benzene rings is 4. The van der Waals surface area contributed by atoms with Crippen LogP contribution in [-0.4, -0.2) is 162 Å². The average molecular weight is 1780 g/mol. The molecule has 0 atom stereocenters. The van der Waals surface area contributed by atoms with E-state index in [9.17, 15) is 0 Å². The van der Waals surface area contributed by atoms with Crippen molar-refractivity contribution in [3.05, 3.63) is 117 Å². The maximum absolute atomic E-state index is 15.9. The Morgan fingerprint density at radius 2 is 0.228 bits per heavy atom. The van der Waals surface area contributed by atoms with E-state index in [0.29, 0.717) is 0 Å². The predicted molar refractivity (Wildman–Crippen MR) is 278 cm³/mol. The summed E-state index contributed by atoms with van der Waals surface area (Å²) in [6, 6.07) is -26.4. The van der Waals surface area contributed by atoms with Crippen molar-refractivity contribution in [3.8, 4) is 0 Å². The average Bonchev–Trinajstić information content (AvgIpc) is 0.677. The number of hydrogen-bond donors (Lipinski definition) is 0. The molecule has 0 bridgehead atoms. The number of rotatable bonds is 20. The van der Waals surface area contributed by atoms with Crippen LogP contribution in [0.15, 0.2) is 72.8 Å². The Hall–Kier alpha value is -5.74. The molecule has 0 aliphatic rings. The van der Waals surface area contributed by atoms with Crippen molar-refractivity contribution < 1.29 is 280 Å². The van der Waals surface area contributed by atoms with Gasteiger partial charge < -0.3 is 39.3 Å². The van der Waals surface area contributed by atoms with Crippen LogP contribution in [0.1, 0.15) is 45.9 Å². The van der Waals surface area contributed by atoms with Gasteiger partial charge in [-0.1, -0.05) is 48.5 Å². The fraction of sp³-hybridized carbons (Fsp3) is 0.571. The third-order valence-corrected chi connectivity index (χ3v) is 17.9. The molecule has 58 heteroatoms. The minimum Gasteiger partial charge on any atom is -1.00 e. The van der Waals surface area contributed by atoms with E-state index in [0.717, 1.165) is 0 Å². The van der Waals surface area contributed by atoms with Gasteiger partial charge in [0.15, 0.2) is 0 Å². The van der Waals surface area contributed by atoms with Crippen molar-refractivity contribution in [3.63, 3.8) is 0 Å². The van der Waals surface area contributed by atoms with Crippen LogP contribution in [0.2, 0.25) is 0 Å². The molecule has 0 aromatic heterocycles. The summed E-state index contributed by atoms with van der Waals surface area (Å²) in [6.45, 7) is 0. The van der Waals surface area contributed by atoms with E-state index in [1.54, 1.807) is 0 Å². The zero-order chi connectivity index (χ0) is 89.6. The molecule has 0 spiro atoms. The number of halogens is 48. The third-order valence-electron chi connectivity index (χ3n) is 17.9. The van der Waals surface area contributed by atoms with Gasteiger partial charge in [0.1, 0.15) is 6.15 Å². The second-order valence-electron chi connectivity index (χ2n) is 23.3. The van der Waals surface area contributed by atoms with Gasteiger partial charge in [-0.05, 0) is 68.8 Å². The Morgan fingerprint density at radius 3 is 0.281 bits per heavy atom. The molecular weight excluding hydrogens is 1750 g/mol. The molecule has 0 radical (unpaired) electrons. The maximum atomic E-state index is 15.9. The quantitative estimate of drug-likeness (QED) is 0.0640. The van der Waals surface area contributed by atoms with E-state index in [1.165, 1.54) is 0 Å².